The first-order valence-corrected chi connectivity index (χ1v) is 7.53. The minimum atomic E-state index is -0.212. The van der Waals surface area contributed by atoms with Gasteiger partial charge in [0, 0.05) is 19.7 Å². The summed E-state index contributed by atoms with van der Waals surface area (Å²) >= 11 is 0. The smallest absolute Gasteiger partial charge is 0.260 e. The summed E-state index contributed by atoms with van der Waals surface area (Å²) in [4.78, 5) is 21.7. The van der Waals surface area contributed by atoms with Gasteiger partial charge in [-0.15, -0.1) is 0 Å². The highest BCUT2D eigenvalue weighted by molar-refractivity contribution is 5.82. The highest BCUT2D eigenvalue weighted by Crippen LogP contribution is 2.30. The monoisotopic (exact) mass is 325 g/mol. The van der Waals surface area contributed by atoms with E-state index >= 15 is 0 Å². The Morgan fingerprint density at radius 1 is 1.08 bits per heavy atom. The van der Waals surface area contributed by atoms with Gasteiger partial charge in [-0.2, -0.15) is 0 Å². The summed E-state index contributed by atoms with van der Waals surface area (Å²) in [6, 6.07) is 13.4. The summed E-state index contributed by atoms with van der Waals surface area (Å²) in [6.07, 6.45) is 0. The summed E-state index contributed by atoms with van der Waals surface area (Å²) in [7, 11) is 4.98. The zero-order valence-corrected chi connectivity index (χ0v) is 13.9. The lowest BCUT2D eigenvalue weighted by Gasteiger charge is -2.18. The van der Waals surface area contributed by atoms with Crippen LogP contribution >= 0.6 is 0 Å². The van der Waals surface area contributed by atoms with Gasteiger partial charge in [-0.1, -0.05) is 30.3 Å². The maximum absolute atomic E-state index is 12.4. The SMILES string of the molecule is COc1cc2nc(N(C)Cc3ccccc3)[nH]c(=O)c2cc1OC. The fourth-order valence-electron chi connectivity index (χ4n) is 2.57. The maximum atomic E-state index is 12.4. The first-order valence-electron chi connectivity index (χ1n) is 7.53. The van der Waals surface area contributed by atoms with Gasteiger partial charge in [0.1, 0.15) is 0 Å². The number of benzene rings is 2. The van der Waals surface area contributed by atoms with Gasteiger partial charge >= 0.3 is 0 Å². The van der Waals surface area contributed by atoms with Crippen molar-refractivity contribution in [3.8, 4) is 11.5 Å². The summed E-state index contributed by atoms with van der Waals surface area (Å²) in [5.74, 6) is 1.55. The van der Waals surface area contributed by atoms with Crippen molar-refractivity contribution in [3.05, 3.63) is 58.4 Å². The van der Waals surface area contributed by atoms with E-state index in [9.17, 15) is 4.79 Å². The van der Waals surface area contributed by atoms with E-state index in [1.54, 1.807) is 19.2 Å². The number of anilines is 1. The molecule has 0 fully saturated rings. The largest absolute Gasteiger partial charge is 0.493 e. The van der Waals surface area contributed by atoms with Crippen LogP contribution in [0.25, 0.3) is 10.9 Å². The summed E-state index contributed by atoms with van der Waals surface area (Å²) < 4.78 is 10.5. The number of hydrogen-bond acceptors (Lipinski definition) is 5. The van der Waals surface area contributed by atoms with Crippen LogP contribution in [0.15, 0.2) is 47.3 Å². The molecule has 6 nitrogen and oxygen atoms in total. The minimum absolute atomic E-state index is 0.212. The first kappa shape index (κ1) is 15.9. The number of rotatable bonds is 5. The van der Waals surface area contributed by atoms with Gasteiger partial charge in [0.2, 0.25) is 5.95 Å². The molecule has 0 radical (unpaired) electrons. The van der Waals surface area contributed by atoms with Gasteiger partial charge in [-0.25, -0.2) is 4.98 Å². The van der Waals surface area contributed by atoms with E-state index in [0.717, 1.165) is 5.56 Å². The molecule has 1 heterocycles. The molecule has 1 aromatic heterocycles. The Morgan fingerprint density at radius 2 is 1.75 bits per heavy atom. The fraction of sp³-hybridized carbons (Fsp3) is 0.222. The van der Waals surface area contributed by atoms with Crippen molar-refractivity contribution in [1.29, 1.82) is 0 Å². The Hall–Kier alpha value is -3.02. The molecule has 3 rings (SSSR count). The third-order valence-corrected chi connectivity index (χ3v) is 3.82. The number of aromatic nitrogens is 2. The average molecular weight is 325 g/mol. The lowest BCUT2D eigenvalue weighted by molar-refractivity contribution is 0.355. The molecule has 124 valence electrons. The topological polar surface area (TPSA) is 67.5 Å². The molecule has 0 bridgehead atoms. The van der Waals surface area contributed by atoms with Crippen LogP contribution in [0.5, 0.6) is 11.5 Å². The van der Waals surface area contributed by atoms with Gasteiger partial charge in [-0.3, -0.25) is 9.78 Å². The van der Waals surface area contributed by atoms with Crippen molar-refractivity contribution in [2.45, 2.75) is 6.54 Å². The molecule has 0 amide bonds. The van der Waals surface area contributed by atoms with Crippen LogP contribution in [-0.2, 0) is 6.54 Å². The van der Waals surface area contributed by atoms with E-state index in [2.05, 4.69) is 9.97 Å². The Kier molecular flexibility index (Phi) is 4.37. The molecule has 2 aromatic carbocycles. The summed E-state index contributed by atoms with van der Waals surface area (Å²) in [6.45, 7) is 0.641. The molecular formula is C18H19N3O3. The number of nitrogens with one attached hydrogen (secondary N) is 1. The number of nitrogens with zero attached hydrogens (tertiary/aromatic N) is 2. The van der Waals surface area contributed by atoms with Crippen molar-refractivity contribution in [2.75, 3.05) is 26.2 Å². The number of fused-ring (bicyclic) bond motifs is 1. The number of H-pyrrole nitrogens is 1. The van der Waals surface area contributed by atoms with Crippen molar-refractivity contribution in [2.24, 2.45) is 0 Å². The fourth-order valence-corrected chi connectivity index (χ4v) is 2.57. The van der Waals surface area contributed by atoms with Crippen LogP contribution < -0.4 is 19.9 Å². The molecule has 3 aromatic rings. The predicted molar refractivity (Wildman–Crippen MR) is 94.0 cm³/mol. The van der Waals surface area contributed by atoms with E-state index in [1.165, 1.54) is 7.11 Å². The van der Waals surface area contributed by atoms with E-state index in [-0.39, 0.29) is 5.56 Å². The number of hydrogen-bond donors (Lipinski definition) is 1. The van der Waals surface area contributed by atoms with Gasteiger partial charge in [0.05, 0.1) is 25.1 Å². The normalized spacial score (nSPS) is 10.6. The van der Waals surface area contributed by atoms with E-state index in [0.29, 0.717) is 34.9 Å². The Bertz CT molecular complexity index is 907. The number of methoxy groups -OCH3 is 2. The Labute approximate surface area is 139 Å². The highest BCUT2D eigenvalue weighted by Gasteiger charge is 2.13. The van der Waals surface area contributed by atoms with Crippen LogP contribution in [0.3, 0.4) is 0 Å². The Balaban J connectivity index is 2.02. The maximum Gasteiger partial charge on any atom is 0.260 e. The van der Waals surface area contributed by atoms with Gasteiger partial charge in [-0.05, 0) is 11.6 Å². The van der Waals surface area contributed by atoms with Crippen LogP contribution in [0.2, 0.25) is 0 Å². The van der Waals surface area contributed by atoms with E-state index in [1.807, 2.05) is 42.3 Å². The zero-order chi connectivity index (χ0) is 17.1. The molecule has 24 heavy (non-hydrogen) atoms. The van der Waals surface area contributed by atoms with Crippen LogP contribution in [0, 0.1) is 0 Å². The molecule has 1 N–H and O–H groups in total. The van der Waals surface area contributed by atoms with Crippen molar-refractivity contribution >= 4 is 16.9 Å². The van der Waals surface area contributed by atoms with Crippen molar-refractivity contribution in [3.63, 3.8) is 0 Å². The average Bonchev–Trinajstić information content (AvgIpc) is 2.61. The third kappa shape index (κ3) is 3.03. The second-order valence-corrected chi connectivity index (χ2v) is 5.46. The van der Waals surface area contributed by atoms with Gasteiger partial charge < -0.3 is 14.4 Å². The van der Waals surface area contributed by atoms with E-state index in [4.69, 9.17) is 9.47 Å². The van der Waals surface area contributed by atoms with Gasteiger partial charge in [0.15, 0.2) is 11.5 Å². The molecule has 0 saturated heterocycles. The standard InChI is InChI=1S/C18H19N3O3/c1-21(11-12-7-5-4-6-8-12)18-19-14-10-16(24-3)15(23-2)9-13(14)17(22)20-18/h4-10H,11H2,1-3H3,(H,19,20,22). The molecule has 0 aliphatic rings. The minimum Gasteiger partial charge on any atom is -0.493 e. The zero-order valence-electron chi connectivity index (χ0n) is 13.9. The van der Waals surface area contributed by atoms with Crippen molar-refractivity contribution < 1.29 is 9.47 Å². The highest BCUT2D eigenvalue weighted by atomic mass is 16.5. The predicted octanol–water partition coefficient (Wildman–Crippen LogP) is 2.58. The second-order valence-electron chi connectivity index (χ2n) is 5.46. The van der Waals surface area contributed by atoms with Crippen molar-refractivity contribution in [1.82, 2.24) is 9.97 Å². The van der Waals surface area contributed by atoms with Crippen LogP contribution in [0.4, 0.5) is 5.95 Å². The molecule has 0 aliphatic heterocycles. The van der Waals surface area contributed by atoms with E-state index < -0.39 is 0 Å². The molecule has 0 spiro atoms. The van der Waals surface area contributed by atoms with Crippen LogP contribution in [-0.4, -0.2) is 31.2 Å². The molecule has 0 atom stereocenters. The number of ether oxygens (including phenoxy) is 2. The summed E-state index contributed by atoms with van der Waals surface area (Å²) in [5.41, 5.74) is 1.48. The summed E-state index contributed by atoms with van der Waals surface area (Å²) in [5, 5.41) is 0.463. The molecule has 0 saturated carbocycles. The Morgan fingerprint density at radius 3 is 2.42 bits per heavy atom. The molecule has 6 heteroatoms. The first-order chi connectivity index (χ1) is 11.6. The number of aromatic amines is 1. The molecular weight excluding hydrogens is 306 g/mol. The quantitative estimate of drug-likeness (QED) is 0.781. The molecule has 0 unspecified atom stereocenters. The third-order valence-electron chi connectivity index (χ3n) is 3.82. The lowest BCUT2D eigenvalue weighted by Crippen LogP contribution is -2.22. The lowest BCUT2D eigenvalue weighted by atomic mass is 10.2. The second kappa shape index (κ2) is 6.62. The molecule has 0 aliphatic carbocycles. The van der Waals surface area contributed by atoms with Gasteiger partial charge in [0.25, 0.3) is 5.56 Å². The van der Waals surface area contributed by atoms with Crippen LogP contribution in [0.1, 0.15) is 5.56 Å².